The predicted octanol–water partition coefficient (Wildman–Crippen LogP) is 3.23. The third kappa shape index (κ3) is 4.34. The first-order valence-corrected chi connectivity index (χ1v) is 9.16. The van der Waals surface area contributed by atoms with Gasteiger partial charge in [-0.2, -0.15) is 0 Å². The minimum Gasteiger partial charge on any atom is -0.497 e. The number of carbonyl (C=O) groups is 2. The highest BCUT2D eigenvalue weighted by molar-refractivity contribution is 5.93. The molecule has 1 aromatic heterocycles. The molecule has 1 unspecified atom stereocenters. The van der Waals surface area contributed by atoms with Gasteiger partial charge < -0.3 is 24.9 Å². The van der Waals surface area contributed by atoms with Crippen molar-refractivity contribution >= 4 is 22.8 Å². The minimum absolute atomic E-state index is 0.0829. The van der Waals surface area contributed by atoms with Gasteiger partial charge in [0.2, 0.25) is 5.91 Å². The van der Waals surface area contributed by atoms with Crippen molar-refractivity contribution in [3.63, 3.8) is 0 Å². The molecule has 3 aromatic rings. The van der Waals surface area contributed by atoms with Gasteiger partial charge in [0.05, 0.1) is 32.6 Å². The van der Waals surface area contributed by atoms with E-state index < -0.39 is 11.5 Å². The summed E-state index contributed by atoms with van der Waals surface area (Å²) in [5.41, 5.74) is 1.21. The van der Waals surface area contributed by atoms with Crippen LogP contribution in [-0.4, -0.2) is 36.2 Å². The highest BCUT2D eigenvalue weighted by Gasteiger charge is 2.32. The summed E-state index contributed by atoms with van der Waals surface area (Å²) in [6.45, 7) is 1.70. The Morgan fingerprint density at radius 3 is 2.59 bits per heavy atom. The number of hydrogen-bond acceptors (Lipinski definition) is 4. The molecule has 1 atom stereocenters. The van der Waals surface area contributed by atoms with Gasteiger partial charge in [-0.3, -0.25) is 9.59 Å². The van der Waals surface area contributed by atoms with Crippen molar-refractivity contribution in [1.29, 1.82) is 0 Å². The normalized spacial score (nSPS) is 12.9. The third-order valence-corrected chi connectivity index (χ3v) is 4.95. The Morgan fingerprint density at radius 1 is 1.14 bits per heavy atom. The van der Waals surface area contributed by atoms with Crippen LogP contribution in [0.3, 0.4) is 0 Å². The van der Waals surface area contributed by atoms with Crippen LogP contribution in [0.25, 0.3) is 10.9 Å². The summed E-state index contributed by atoms with van der Waals surface area (Å²) in [6, 6.07) is 12.7. The molecule has 3 rings (SSSR count). The zero-order valence-electron chi connectivity index (χ0n) is 16.6. The largest absolute Gasteiger partial charge is 0.497 e. The van der Waals surface area contributed by atoms with E-state index in [2.05, 4.69) is 10.3 Å². The summed E-state index contributed by atoms with van der Waals surface area (Å²) < 4.78 is 10.7. The summed E-state index contributed by atoms with van der Waals surface area (Å²) in [6.07, 6.45) is 1.59. The second-order valence-electron chi connectivity index (χ2n) is 7.06. The fourth-order valence-corrected chi connectivity index (χ4v) is 3.54. The van der Waals surface area contributed by atoms with Crippen LogP contribution in [0, 0.1) is 0 Å². The number of aliphatic carboxylic acids is 1. The predicted molar refractivity (Wildman–Crippen MR) is 109 cm³/mol. The van der Waals surface area contributed by atoms with Crippen LogP contribution in [0.4, 0.5) is 0 Å². The lowest BCUT2D eigenvalue weighted by Gasteiger charge is -2.30. The number of hydrogen-bond donors (Lipinski definition) is 3. The lowest BCUT2D eigenvalue weighted by Crippen LogP contribution is -2.45. The molecule has 0 bridgehead atoms. The zero-order chi connectivity index (χ0) is 21.0. The van der Waals surface area contributed by atoms with Gasteiger partial charge in [0.15, 0.2) is 0 Å². The van der Waals surface area contributed by atoms with Crippen LogP contribution in [0.1, 0.15) is 24.5 Å². The van der Waals surface area contributed by atoms with Crippen LogP contribution in [0.15, 0.2) is 48.7 Å². The third-order valence-electron chi connectivity index (χ3n) is 4.95. The van der Waals surface area contributed by atoms with E-state index in [1.54, 1.807) is 44.5 Å². The van der Waals surface area contributed by atoms with Gasteiger partial charge in [-0.05, 0) is 42.3 Å². The Labute approximate surface area is 168 Å². The number of carboxylic acid groups (broad SMARTS) is 1. The SMILES string of the molecule is COc1cccc(C(C)(CC(=O)O)NC(=O)Cc2c[nH]c3cccc(OC)c23)c1. The van der Waals surface area contributed by atoms with E-state index in [0.29, 0.717) is 17.1 Å². The molecular weight excluding hydrogens is 372 g/mol. The Kier molecular flexibility index (Phi) is 5.77. The van der Waals surface area contributed by atoms with E-state index in [9.17, 15) is 14.7 Å². The summed E-state index contributed by atoms with van der Waals surface area (Å²) in [5.74, 6) is -0.0323. The highest BCUT2D eigenvalue weighted by atomic mass is 16.5. The second kappa shape index (κ2) is 8.26. The smallest absolute Gasteiger partial charge is 0.306 e. The van der Waals surface area contributed by atoms with Gasteiger partial charge in [-0.25, -0.2) is 0 Å². The summed E-state index contributed by atoms with van der Waals surface area (Å²) in [5, 5.41) is 13.2. The average molecular weight is 396 g/mol. The number of methoxy groups -OCH3 is 2. The summed E-state index contributed by atoms with van der Waals surface area (Å²) in [7, 11) is 3.12. The topological polar surface area (TPSA) is 101 Å². The molecular formula is C22H24N2O5. The number of aromatic amines is 1. The summed E-state index contributed by atoms with van der Waals surface area (Å²) >= 11 is 0. The van der Waals surface area contributed by atoms with E-state index in [1.165, 1.54) is 7.11 Å². The molecule has 0 aliphatic carbocycles. The number of rotatable bonds is 8. The van der Waals surface area contributed by atoms with E-state index in [4.69, 9.17) is 9.47 Å². The number of amides is 1. The van der Waals surface area contributed by atoms with Gasteiger partial charge in [-0.1, -0.05) is 18.2 Å². The van der Waals surface area contributed by atoms with E-state index >= 15 is 0 Å². The van der Waals surface area contributed by atoms with Crippen LogP contribution in [0.5, 0.6) is 11.5 Å². The van der Waals surface area contributed by atoms with Crippen molar-refractivity contribution in [2.45, 2.75) is 25.3 Å². The molecule has 7 heteroatoms. The molecule has 152 valence electrons. The first-order chi connectivity index (χ1) is 13.9. The molecule has 0 saturated heterocycles. The monoisotopic (exact) mass is 396 g/mol. The molecule has 29 heavy (non-hydrogen) atoms. The number of benzene rings is 2. The molecule has 0 fully saturated rings. The fraction of sp³-hybridized carbons (Fsp3) is 0.273. The molecule has 1 heterocycles. The lowest BCUT2D eigenvalue weighted by atomic mass is 9.88. The Hall–Kier alpha value is -3.48. The van der Waals surface area contributed by atoms with Crippen LogP contribution >= 0.6 is 0 Å². The van der Waals surface area contributed by atoms with Crippen molar-refractivity contribution in [2.75, 3.05) is 14.2 Å². The van der Waals surface area contributed by atoms with Gasteiger partial charge in [0, 0.05) is 17.1 Å². The molecule has 2 aromatic carbocycles. The molecule has 0 radical (unpaired) electrons. The van der Waals surface area contributed by atoms with E-state index in [0.717, 1.165) is 16.5 Å². The Balaban J connectivity index is 1.88. The first-order valence-electron chi connectivity index (χ1n) is 9.16. The molecule has 0 aliphatic heterocycles. The van der Waals surface area contributed by atoms with Crippen molar-refractivity contribution in [1.82, 2.24) is 10.3 Å². The molecule has 0 aliphatic rings. The Bertz CT molecular complexity index is 1040. The molecule has 7 nitrogen and oxygen atoms in total. The van der Waals surface area contributed by atoms with Crippen molar-refractivity contribution < 1.29 is 24.2 Å². The number of nitrogens with one attached hydrogen (secondary N) is 2. The van der Waals surface area contributed by atoms with E-state index in [-0.39, 0.29) is 18.7 Å². The van der Waals surface area contributed by atoms with Gasteiger partial charge in [0.1, 0.15) is 11.5 Å². The van der Waals surface area contributed by atoms with Crippen molar-refractivity contribution in [2.24, 2.45) is 0 Å². The standard InChI is InChI=1S/C22H24N2O5/c1-22(12-20(26)27,15-6-4-7-16(11-15)28-2)24-19(25)10-14-13-23-17-8-5-9-18(29-3)21(14)17/h4-9,11,13,23H,10,12H2,1-3H3,(H,24,25)(H,26,27). The highest BCUT2D eigenvalue weighted by Crippen LogP contribution is 2.30. The number of carbonyl (C=O) groups excluding carboxylic acids is 1. The number of ether oxygens (including phenoxy) is 2. The lowest BCUT2D eigenvalue weighted by molar-refractivity contribution is -0.139. The van der Waals surface area contributed by atoms with E-state index in [1.807, 2.05) is 18.2 Å². The van der Waals surface area contributed by atoms with Crippen LogP contribution in [-0.2, 0) is 21.5 Å². The van der Waals surface area contributed by atoms with Gasteiger partial charge in [0.25, 0.3) is 0 Å². The maximum atomic E-state index is 12.9. The minimum atomic E-state index is -1.09. The maximum Gasteiger partial charge on any atom is 0.306 e. The number of fused-ring (bicyclic) bond motifs is 1. The first kappa shape index (κ1) is 20.3. The number of aromatic nitrogens is 1. The Morgan fingerprint density at radius 2 is 1.90 bits per heavy atom. The molecule has 1 amide bonds. The zero-order valence-corrected chi connectivity index (χ0v) is 16.6. The maximum absolute atomic E-state index is 12.9. The molecule has 3 N–H and O–H groups in total. The number of carboxylic acids is 1. The van der Waals surface area contributed by atoms with Gasteiger partial charge >= 0.3 is 5.97 Å². The van der Waals surface area contributed by atoms with Crippen LogP contribution in [0.2, 0.25) is 0 Å². The molecule has 0 spiro atoms. The fourth-order valence-electron chi connectivity index (χ4n) is 3.54. The average Bonchev–Trinajstić information content (AvgIpc) is 3.10. The second-order valence-corrected chi connectivity index (χ2v) is 7.06. The van der Waals surface area contributed by atoms with Crippen molar-refractivity contribution in [3.05, 3.63) is 59.8 Å². The summed E-state index contributed by atoms with van der Waals surface area (Å²) in [4.78, 5) is 27.5. The number of H-pyrrole nitrogens is 1. The molecule has 0 saturated carbocycles. The quantitative estimate of drug-likeness (QED) is 0.543. The van der Waals surface area contributed by atoms with Crippen molar-refractivity contribution in [3.8, 4) is 11.5 Å². The van der Waals surface area contributed by atoms with Gasteiger partial charge in [-0.15, -0.1) is 0 Å². The van der Waals surface area contributed by atoms with Crippen LogP contribution < -0.4 is 14.8 Å².